The summed E-state index contributed by atoms with van der Waals surface area (Å²) >= 11 is 7.60. The third-order valence-corrected chi connectivity index (χ3v) is 7.41. The van der Waals surface area contributed by atoms with E-state index in [1.807, 2.05) is 0 Å². The number of hydrogen-bond donors (Lipinski definition) is 0. The van der Waals surface area contributed by atoms with Crippen molar-refractivity contribution in [1.29, 1.82) is 0 Å². The highest BCUT2D eigenvalue weighted by Gasteiger charge is 2.79. The standard InChI is InChI=1S/C14H14Br2O4/c15-10-7-8-9-1-2-12(16,14(9)19-5-6-20-14)11(8)13(10)17-3-4-18-13/h1-2,7-9,11H,3-6H2/t8-,9+,11+,12-/m0/s1. The fraction of sp³-hybridized carbons (Fsp3) is 0.714. The molecule has 2 aliphatic heterocycles. The van der Waals surface area contributed by atoms with Crippen LogP contribution in [-0.2, 0) is 18.9 Å². The molecule has 3 aliphatic carbocycles. The number of hydrogen-bond acceptors (Lipinski definition) is 4. The number of rotatable bonds is 0. The van der Waals surface area contributed by atoms with Gasteiger partial charge in [0.05, 0.1) is 30.9 Å². The van der Waals surface area contributed by atoms with Gasteiger partial charge in [-0.1, -0.05) is 50.1 Å². The highest BCUT2D eigenvalue weighted by Crippen LogP contribution is 2.71. The van der Waals surface area contributed by atoms with Gasteiger partial charge >= 0.3 is 0 Å². The fourth-order valence-electron chi connectivity index (χ4n) is 4.68. The molecule has 6 heteroatoms. The lowest BCUT2D eigenvalue weighted by Gasteiger charge is -2.42. The lowest BCUT2D eigenvalue weighted by atomic mass is 9.82. The summed E-state index contributed by atoms with van der Waals surface area (Å²) in [6.07, 6.45) is 6.61. The maximum atomic E-state index is 6.08. The first-order valence-corrected chi connectivity index (χ1v) is 8.55. The largest absolute Gasteiger partial charge is 0.345 e. The van der Waals surface area contributed by atoms with Crippen molar-refractivity contribution in [2.45, 2.75) is 15.9 Å². The Morgan fingerprint density at radius 2 is 1.70 bits per heavy atom. The summed E-state index contributed by atoms with van der Waals surface area (Å²) < 4.78 is 24.8. The predicted octanol–water partition coefficient (Wildman–Crippen LogP) is 2.33. The Kier molecular flexibility index (Phi) is 2.42. The zero-order valence-corrected chi connectivity index (χ0v) is 13.9. The van der Waals surface area contributed by atoms with Gasteiger partial charge in [-0.2, -0.15) is 0 Å². The van der Waals surface area contributed by atoms with Crippen molar-refractivity contribution >= 4 is 31.9 Å². The molecule has 4 atom stereocenters. The van der Waals surface area contributed by atoms with E-state index in [4.69, 9.17) is 18.9 Å². The zero-order chi connectivity index (χ0) is 13.6. The smallest absolute Gasteiger partial charge is 0.206 e. The highest BCUT2D eigenvalue weighted by molar-refractivity contribution is 9.11. The average Bonchev–Trinajstić information content (AvgIpc) is 3.19. The molecular weight excluding hydrogens is 392 g/mol. The summed E-state index contributed by atoms with van der Waals surface area (Å²) in [6, 6.07) is 0. The van der Waals surface area contributed by atoms with Crippen molar-refractivity contribution in [3.05, 3.63) is 22.7 Å². The second-order valence-electron chi connectivity index (χ2n) is 5.95. The topological polar surface area (TPSA) is 36.9 Å². The Balaban J connectivity index is 1.69. The van der Waals surface area contributed by atoms with Crippen molar-refractivity contribution in [3.8, 4) is 0 Å². The Hall–Kier alpha value is 0.280. The molecule has 2 spiro atoms. The van der Waals surface area contributed by atoms with Crippen LogP contribution in [0, 0.1) is 17.8 Å². The van der Waals surface area contributed by atoms with E-state index in [9.17, 15) is 0 Å². The van der Waals surface area contributed by atoms with Crippen molar-refractivity contribution in [2.24, 2.45) is 17.8 Å². The van der Waals surface area contributed by atoms with E-state index in [2.05, 4.69) is 50.1 Å². The molecule has 20 heavy (non-hydrogen) atoms. The molecule has 5 aliphatic rings. The SMILES string of the molecule is BrC1=C[C@H]2[C@H]3C=C[C@](Br)([C@@H]2C12OCCO2)C31OCCO1. The van der Waals surface area contributed by atoms with E-state index in [0.717, 1.165) is 4.48 Å². The minimum Gasteiger partial charge on any atom is -0.345 e. The van der Waals surface area contributed by atoms with Crippen LogP contribution >= 0.6 is 31.9 Å². The molecule has 2 saturated heterocycles. The van der Waals surface area contributed by atoms with Crippen LogP contribution in [0.1, 0.15) is 0 Å². The minimum atomic E-state index is -0.685. The molecule has 0 N–H and O–H groups in total. The maximum Gasteiger partial charge on any atom is 0.206 e. The predicted molar refractivity (Wildman–Crippen MR) is 77.5 cm³/mol. The molecule has 2 bridgehead atoms. The molecule has 0 aromatic rings. The molecule has 5 rings (SSSR count). The summed E-state index contributed by atoms with van der Waals surface area (Å²) in [5.74, 6) is -0.663. The van der Waals surface area contributed by atoms with Crippen molar-refractivity contribution in [3.63, 3.8) is 0 Å². The second kappa shape index (κ2) is 3.78. The van der Waals surface area contributed by atoms with Gasteiger partial charge in [0.1, 0.15) is 4.32 Å². The number of ether oxygens (including phenoxy) is 4. The fourth-order valence-corrected chi connectivity index (χ4v) is 6.72. The van der Waals surface area contributed by atoms with Crippen LogP contribution in [0.4, 0.5) is 0 Å². The van der Waals surface area contributed by atoms with Crippen LogP contribution < -0.4 is 0 Å². The summed E-state index contributed by atoms with van der Waals surface area (Å²) in [4.78, 5) is 0. The Morgan fingerprint density at radius 3 is 2.40 bits per heavy atom. The van der Waals surface area contributed by atoms with Crippen LogP contribution in [0.5, 0.6) is 0 Å². The summed E-state index contributed by atoms with van der Waals surface area (Å²) in [7, 11) is 0. The molecule has 0 radical (unpaired) electrons. The van der Waals surface area contributed by atoms with Crippen LogP contribution in [0.3, 0.4) is 0 Å². The van der Waals surface area contributed by atoms with Crippen LogP contribution in [0.15, 0.2) is 22.7 Å². The van der Waals surface area contributed by atoms with Gasteiger partial charge in [0.25, 0.3) is 0 Å². The van der Waals surface area contributed by atoms with E-state index in [-0.39, 0.29) is 11.8 Å². The van der Waals surface area contributed by atoms with Gasteiger partial charge in [-0.15, -0.1) is 0 Å². The molecule has 0 aromatic heterocycles. The molecule has 108 valence electrons. The van der Waals surface area contributed by atoms with Gasteiger partial charge in [-0.3, -0.25) is 0 Å². The normalized spacial score (nSPS) is 49.5. The first kappa shape index (κ1) is 12.8. The van der Waals surface area contributed by atoms with Gasteiger partial charge < -0.3 is 18.9 Å². The molecular formula is C14H14Br2O4. The third-order valence-electron chi connectivity index (χ3n) is 5.28. The maximum absolute atomic E-state index is 6.08. The first-order valence-electron chi connectivity index (χ1n) is 6.96. The molecule has 0 aromatic carbocycles. The van der Waals surface area contributed by atoms with Gasteiger partial charge in [-0.05, 0) is 5.92 Å². The number of alkyl halides is 1. The van der Waals surface area contributed by atoms with Crippen LogP contribution in [-0.4, -0.2) is 42.3 Å². The molecule has 0 unspecified atom stereocenters. The van der Waals surface area contributed by atoms with Crippen molar-refractivity contribution in [2.75, 3.05) is 26.4 Å². The quantitative estimate of drug-likeness (QED) is 0.458. The van der Waals surface area contributed by atoms with Crippen LogP contribution in [0.2, 0.25) is 0 Å². The van der Waals surface area contributed by atoms with Crippen molar-refractivity contribution in [1.82, 2.24) is 0 Å². The third kappa shape index (κ3) is 1.14. The molecule has 3 fully saturated rings. The molecule has 2 heterocycles. The highest BCUT2D eigenvalue weighted by atomic mass is 79.9. The summed E-state index contributed by atoms with van der Waals surface area (Å²) in [6.45, 7) is 2.53. The lowest BCUT2D eigenvalue weighted by molar-refractivity contribution is -0.197. The second-order valence-corrected chi connectivity index (χ2v) is 8.12. The van der Waals surface area contributed by atoms with E-state index < -0.39 is 15.9 Å². The number of fused-ring (bicyclic) bond motifs is 4. The Bertz CT molecular complexity index is 533. The van der Waals surface area contributed by atoms with E-state index in [1.54, 1.807) is 0 Å². The van der Waals surface area contributed by atoms with E-state index >= 15 is 0 Å². The molecule has 4 nitrogen and oxygen atoms in total. The Morgan fingerprint density at radius 1 is 1.05 bits per heavy atom. The number of allylic oxidation sites excluding steroid dienone is 1. The molecule has 1 saturated carbocycles. The minimum absolute atomic E-state index is 0.125. The summed E-state index contributed by atoms with van der Waals surface area (Å²) in [5.41, 5.74) is 0. The van der Waals surface area contributed by atoms with Crippen LogP contribution in [0.25, 0.3) is 0 Å². The monoisotopic (exact) mass is 404 g/mol. The first-order chi connectivity index (χ1) is 9.64. The van der Waals surface area contributed by atoms with Crippen molar-refractivity contribution < 1.29 is 18.9 Å². The Labute approximate surface area is 133 Å². The van der Waals surface area contributed by atoms with Gasteiger partial charge in [0.2, 0.25) is 5.79 Å². The van der Waals surface area contributed by atoms with Gasteiger partial charge in [-0.25, -0.2) is 0 Å². The van der Waals surface area contributed by atoms with E-state index in [1.165, 1.54) is 0 Å². The average molecular weight is 406 g/mol. The lowest BCUT2D eigenvalue weighted by Crippen LogP contribution is -2.54. The van der Waals surface area contributed by atoms with Gasteiger partial charge in [0, 0.05) is 11.8 Å². The zero-order valence-electron chi connectivity index (χ0n) is 10.7. The van der Waals surface area contributed by atoms with Gasteiger partial charge in [0.15, 0.2) is 5.79 Å². The summed E-state index contributed by atoms with van der Waals surface area (Å²) in [5, 5.41) is 0. The van der Waals surface area contributed by atoms with E-state index in [0.29, 0.717) is 32.3 Å². The number of halogens is 2. The molecule has 0 amide bonds.